The van der Waals surface area contributed by atoms with Crippen molar-refractivity contribution in [3.63, 3.8) is 0 Å². The molecule has 16 heavy (non-hydrogen) atoms. The second kappa shape index (κ2) is 3.53. The average Bonchev–Trinajstić information content (AvgIpc) is 2.38. The first-order valence-corrected chi connectivity index (χ1v) is 5.48. The molecule has 78 valence electrons. The monoisotopic (exact) mass is 207 g/mol. The van der Waals surface area contributed by atoms with Crippen LogP contribution in [0.3, 0.4) is 0 Å². The molecule has 0 radical (unpaired) electrons. The SMILES string of the molecule is CNc1ccc2ccc3ccccc3c2c1. The number of fused-ring (bicyclic) bond motifs is 3. The fraction of sp³-hybridized carbons (Fsp3) is 0.0667. The zero-order valence-electron chi connectivity index (χ0n) is 9.20. The Kier molecular flexibility index (Phi) is 2.03. The first kappa shape index (κ1) is 9.22. The molecule has 1 heteroatoms. The van der Waals surface area contributed by atoms with E-state index in [0.717, 1.165) is 5.69 Å². The van der Waals surface area contributed by atoms with Gasteiger partial charge in [0.05, 0.1) is 0 Å². The van der Waals surface area contributed by atoms with E-state index in [-0.39, 0.29) is 0 Å². The van der Waals surface area contributed by atoms with Crippen LogP contribution < -0.4 is 5.32 Å². The molecule has 0 heterocycles. The Morgan fingerprint density at radius 3 is 2.25 bits per heavy atom. The van der Waals surface area contributed by atoms with Crippen molar-refractivity contribution in [3.8, 4) is 0 Å². The molecular formula is C15H13N. The minimum Gasteiger partial charge on any atom is -0.388 e. The number of nitrogens with one attached hydrogen (secondary N) is 1. The Bertz CT molecular complexity index is 656. The highest BCUT2D eigenvalue weighted by atomic mass is 14.8. The van der Waals surface area contributed by atoms with Crippen LogP contribution in [-0.4, -0.2) is 7.05 Å². The van der Waals surface area contributed by atoms with Gasteiger partial charge in [0.2, 0.25) is 0 Å². The van der Waals surface area contributed by atoms with Gasteiger partial charge >= 0.3 is 0 Å². The lowest BCUT2D eigenvalue weighted by molar-refractivity contribution is 1.54. The van der Waals surface area contributed by atoms with Crippen LogP contribution in [0.4, 0.5) is 5.69 Å². The summed E-state index contributed by atoms with van der Waals surface area (Å²) in [4.78, 5) is 0. The van der Waals surface area contributed by atoms with E-state index in [1.54, 1.807) is 0 Å². The third-order valence-electron chi connectivity index (χ3n) is 3.04. The quantitative estimate of drug-likeness (QED) is 0.594. The molecule has 3 aromatic carbocycles. The maximum absolute atomic E-state index is 3.18. The lowest BCUT2D eigenvalue weighted by Crippen LogP contribution is -1.87. The van der Waals surface area contributed by atoms with Crippen molar-refractivity contribution < 1.29 is 0 Å². The molecular weight excluding hydrogens is 194 g/mol. The number of anilines is 1. The third-order valence-corrected chi connectivity index (χ3v) is 3.04. The predicted molar refractivity (Wildman–Crippen MR) is 71.0 cm³/mol. The maximum atomic E-state index is 3.18. The summed E-state index contributed by atoms with van der Waals surface area (Å²) >= 11 is 0. The van der Waals surface area contributed by atoms with Gasteiger partial charge in [-0.15, -0.1) is 0 Å². The number of hydrogen-bond acceptors (Lipinski definition) is 1. The summed E-state index contributed by atoms with van der Waals surface area (Å²) in [7, 11) is 1.95. The smallest absolute Gasteiger partial charge is 0.0344 e. The molecule has 0 fully saturated rings. The molecule has 0 aromatic heterocycles. The largest absolute Gasteiger partial charge is 0.388 e. The van der Waals surface area contributed by atoms with Gasteiger partial charge in [-0.25, -0.2) is 0 Å². The molecule has 3 aromatic rings. The van der Waals surface area contributed by atoms with Crippen molar-refractivity contribution in [2.24, 2.45) is 0 Å². The van der Waals surface area contributed by atoms with E-state index < -0.39 is 0 Å². The van der Waals surface area contributed by atoms with E-state index >= 15 is 0 Å². The number of benzene rings is 3. The maximum Gasteiger partial charge on any atom is 0.0344 e. The molecule has 0 spiro atoms. The molecule has 0 aliphatic carbocycles. The minimum atomic E-state index is 1.16. The normalized spacial score (nSPS) is 10.8. The van der Waals surface area contributed by atoms with Gasteiger partial charge in [0, 0.05) is 12.7 Å². The van der Waals surface area contributed by atoms with Gasteiger partial charge in [-0.1, -0.05) is 42.5 Å². The fourth-order valence-corrected chi connectivity index (χ4v) is 2.16. The van der Waals surface area contributed by atoms with Gasteiger partial charge in [0.1, 0.15) is 0 Å². The Hall–Kier alpha value is -2.02. The van der Waals surface area contributed by atoms with Crippen molar-refractivity contribution in [1.82, 2.24) is 0 Å². The summed E-state index contributed by atoms with van der Waals surface area (Å²) in [6.45, 7) is 0. The van der Waals surface area contributed by atoms with Crippen molar-refractivity contribution >= 4 is 27.2 Å². The van der Waals surface area contributed by atoms with E-state index in [0.29, 0.717) is 0 Å². The second-order valence-corrected chi connectivity index (χ2v) is 3.97. The van der Waals surface area contributed by atoms with E-state index in [4.69, 9.17) is 0 Å². The topological polar surface area (TPSA) is 12.0 Å². The van der Waals surface area contributed by atoms with Crippen molar-refractivity contribution in [1.29, 1.82) is 0 Å². The highest BCUT2D eigenvalue weighted by molar-refractivity contribution is 6.08. The lowest BCUT2D eigenvalue weighted by Gasteiger charge is -2.06. The van der Waals surface area contributed by atoms with Crippen LogP contribution in [0, 0.1) is 0 Å². The van der Waals surface area contributed by atoms with Crippen LogP contribution in [-0.2, 0) is 0 Å². The summed E-state index contributed by atoms with van der Waals surface area (Å²) in [5.74, 6) is 0. The molecule has 0 atom stereocenters. The highest BCUT2D eigenvalue weighted by Crippen LogP contribution is 2.27. The Labute approximate surface area is 94.7 Å². The Morgan fingerprint density at radius 2 is 1.44 bits per heavy atom. The number of rotatable bonds is 1. The number of hydrogen-bond donors (Lipinski definition) is 1. The standard InChI is InChI=1S/C15H13N/c1-16-13-9-8-12-7-6-11-4-2-3-5-14(11)15(12)10-13/h2-10,16H,1H3. The van der Waals surface area contributed by atoms with Gasteiger partial charge in [-0.05, 0) is 33.7 Å². The minimum absolute atomic E-state index is 1.16. The third kappa shape index (κ3) is 1.33. The van der Waals surface area contributed by atoms with E-state index in [1.165, 1.54) is 21.5 Å². The molecule has 0 aliphatic rings. The fourth-order valence-electron chi connectivity index (χ4n) is 2.16. The lowest BCUT2D eigenvalue weighted by atomic mass is 10.0. The summed E-state index contributed by atoms with van der Waals surface area (Å²) in [5, 5.41) is 8.39. The molecule has 0 saturated heterocycles. The molecule has 0 bridgehead atoms. The Morgan fingerprint density at radius 1 is 0.750 bits per heavy atom. The molecule has 0 unspecified atom stereocenters. The first-order valence-electron chi connectivity index (χ1n) is 5.48. The van der Waals surface area contributed by atoms with Crippen LogP contribution >= 0.6 is 0 Å². The van der Waals surface area contributed by atoms with Crippen LogP contribution in [0.25, 0.3) is 21.5 Å². The van der Waals surface area contributed by atoms with Crippen molar-refractivity contribution in [2.75, 3.05) is 12.4 Å². The van der Waals surface area contributed by atoms with Gasteiger partial charge in [0.25, 0.3) is 0 Å². The van der Waals surface area contributed by atoms with E-state index in [9.17, 15) is 0 Å². The average molecular weight is 207 g/mol. The van der Waals surface area contributed by atoms with Crippen molar-refractivity contribution in [3.05, 3.63) is 54.6 Å². The van der Waals surface area contributed by atoms with E-state index in [1.807, 2.05) is 7.05 Å². The van der Waals surface area contributed by atoms with E-state index in [2.05, 4.69) is 59.9 Å². The second-order valence-electron chi connectivity index (χ2n) is 3.97. The summed E-state index contributed by atoms with van der Waals surface area (Å²) in [6.07, 6.45) is 0. The summed E-state index contributed by atoms with van der Waals surface area (Å²) < 4.78 is 0. The zero-order valence-corrected chi connectivity index (χ0v) is 9.20. The van der Waals surface area contributed by atoms with Gasteiger partial charge < -0.3 is 5.32 Å². The van der Waals surface area contributed by atoms with Gasteiger partial charge in [0.15, 0.2) is 0 Å². The molecule has 0 saturated carbocycles. The molecule has 1 nitrogen and oxygen atoms in total. The molecule has 3 rings (SSSR count). The molecule has 0 amide bonds. The van der Waals surface area contributed by atoms with Crippen LogP contribution in [0.5, 0.6) is 0 Å². The summed E-state index contributed by atoms with van der Waals surface area (Å²) in [6, 6.07) is 19.3. The zero-order chi connectivity index (χ0) is 11.0. The van der Waals surface area contributed by atoms with Crippen LogP contribution in [0.1, 0.15) is 0 Å². The molecule has 0 aliphatic heterocycles. The van der Waals surface area contributed by atoms with Crippen molar-refractivity contribution in [2.45, 2.75) is 0 Å². The van der Waals surface area contributed by atoms with Crippen LogP contribution in [0.15, 0.2) is 54.6 Å². The Balaban J connectivity index is 2.47. The van der Waals surface area contributed by atoms with Gasteiger partial charge in [-0.2, -0.15) is 0 Å². The first-order chi connectivity index (χ1) is 7.88. The van der Waals surface area contributed by atoms with Crippen LogP contribution in [0.2, 0.25) is 0 Å². The highest BCUT2D eigenvalue weighted by Gasteiger charge is 2.00. The predicted octanol–water partition coefficient (Wildman–Crippen LogP) is 4.03. The summed E-state index contributed by atoms with van der Waals surface area (Å²) in [5.41, 5.74) is 1.16. The molecule has 1 N–H and O–H groups in total. The van der Waals surface area contributed by atoms with Gasteiger partial charge in [-0.3, -0.25) is 0 Å².